The fourth-order valence-corrected chi connectivity index (χ4v) is 3.11. The summed E-state index contributed by atoms with van der Waals surface area (Å²) in [5.41, 5.74) is 8.45. The molecule has 4 heteroatoms. The number of hydrogen-bond donors (Lipinski definition) is 1. The molecule has 4 nitrogen and oxygen atoms in total. The monoisotopic (exact) mass is 278 g/mol. The summed E-state index contributed by atoms with van der Waals surface area (Å²) in [6.07, 6.45) is 3.23. The van der Waals surface area contributed by atoms with Crippen LogP contribution < -0.4 is 15.2 Å². The van der Waals surface area contributed by atoms with E-state index in [9.17, 15) is 0 Å². The quantitative estimate of drug-likeness (QED) is 0.868. The van der Waals surface area contributed by atoms with Crippen LogP contribution in [-0.2, 0) is 6.42 Å². The number of likely N-dealkylation sites (N-methyl/N-ethyl adjacent to an activating group) is 1. The molecule has 1 aromatic carbocycles. The van der Waals surface area contributed by atoms with Crippen LogP contribution in [0.15, 0.2) is 12.1 Å². The molecule has 0 aliphatic carbocycles. The zero-order valence-electron chi connectivity index (χ0n) is 12.8. The van der Waals surface area contributed by atoms with Gasteiger partial charge in [0.15, 0.2) is 11.5 Å². The predicted octanol–water partition coefficient (Wildman–Crippen LogP) is 2.36. The van der Waals surface area contributed by atoms with Gasteiger partial charge in [0, 0.05) is 12.6 Å². The second kappa shape index (κ2) is 6.95. The lowest BCUT2D eigenvalue weighted by molar-refractivity contribution is 0.182. The summed E-state index contributed by atoms with van der Waals surface area (Å²) in [5, 5.41) is 0. The van der Waals surface area contributed by atoms with E-state index in [1.165, 1.54) is 11.1 Å². The topological polar surface area (TPSA) is 47.7 Å². The number of nitrogens with zero attached hydrogens (tertiary/aromatic N) is 1. The van der Waals surface area contributed by atoms with Gasteiger partial charge in [0.1, 0.15) is 0 Å². The fourth-order valence-electron chi connectivity index (χ4n) is 3.11. The SMILES string of the molecule is CCN1CCc2cc(OC)c(OC)cc2C1CCCN. The normalized spacial score (nSPS) is 18.7. The summed E-state index contributed by atoms with van der Waals surface area (Å²) in [6.45, 7) is 5.15. The molecule has 1 heterocycles. The first-order chi connectivity index (χ1) is 9.74. The van der Waals surface area contributed by atoms with Gasteiger partial charge >= 0.3 is 0 Å². The van der Waals surface area contributed by atoms with Gasteiger partial charge in [-0.2, -0.15) is 0 Å². The van der Waals surface area contributed by atoms with Crippen LogP contribution in [0.4, 0.5) is 0 Å². The van der Waals surface area contributed by atoms with E-state index in [2.05, 4.69) is 24.0 Å². The molecule has 0 spiro atoms. The number of methoxy groups -OCH3 is 2. The minimum Gasteiger partial charge on any atom is -0.493 e. The lowest BCUT2D eigenvalue weighted by atomic mass is 9.89. The lowest BCUT2D eigenvalue weighted by Gasteiger charge is -2.37. The second-order valence-electron chi connectivity index (χ2n) is 5.23. The molecule has 112 valence electrons. The van der Waals surface area contributed by atoms with Crippen LogP contribution in [0.3, 0.4) is 0 Å². The van der Waals surface area contributed by atoms with E-state index >= 15 is 0 Å². The van der Waals surface area contributed by atoms with E-state index in [1.807, 2.05) is 0 Å². The van der Waals surface area contributed by atoms with Gasteiger partial charge in [0.2, 0.25) is 0 Å². The lowest BCUT2D eigenvalue weighted by Crippen LogP contribution is -2.35. The van der Waals surface area contributed by atoms with E-state index < -0.39 is 0 Å². The van der Waals surface area contributed by atoms with Crippen LogP contribution in [0, 0.1) is 0 Å². The van der Waals surface area contributed by atoms with Gasteiger partial charge in [0.05, 0.1) is 14.2 Å². The molecule has 0 fully saturated rings. The Morgan fingerprint density at radius 3 is 2.55 bits per heavy atom. The molecule has 2 N–H and O–H groups in total. The standard InChI is InChI=1S/C16H26N2O2/c1-4-18-9-7-12-10-15(19-2)16(20-3)11-13(12)14(18)6-5-8-17/h10-11,14H,4-9,17H2,1-3H3. The van der Waals surface area contributed by atoms with Crippen LogP contribution in [-0.4, -0.2) is 38.8 Å². The molecule has 0 amide bonds. The molecule has 1 aromatic rings. The van der Waals surface area contributed by atoms with Gasteiger partial charge in [0.25, 0.3) is 0 Å². The average molecular weight is 278 g/mol. The van der Waals surface area contributed by atoms with Crippen molar-refractivity contribution >= 4 is 0 Å². The van der Waals surface area contributed by atoms with Gasteiger partial charge < -0.3 is 15.2 Å². The van der Waals surface area contributed by atoms with Crippen molar-refractivity contribution in [1.82, 2.24) is 4.90 Å². The van der Waals surface area contributed by atoms with E-state index in [-0.39, 0.29) is 0 Å². The van der Waals surface area contributed by atoms with Crippen molar-refractivity contribution in [1.29, 1.82) is 0 Å². The summed E-state index contributed by atoms with van der Waals surface area (Å²) in [7, 11) is 3.39. The Morgan fingerprint density at radius 1 is 1.25 bits per heavy atom. The molecule has 0 radical (unpaired) electrons. The highest BCUT2D eigenvalue weighted by Crippen LogP contribution is 2.39. The van der Waals surface area contributed by atoms with E-state index in [4.69, 9.17) is 15.2 Å². The van der Waals surface area contributed by atoms with Crippen LogP contribution >= 0.6 is 0 Å². The molecular formula is C16H26N2O2. The zero-order valence-corrected chi connectivity index (χ0v) is 12.8. The molecule has 0 saturated heterocycles. The number of rotatable bonds is 6. The second-order valence-corrected chi connectivity index (χ2v) is 5.23. The van der Waals surface area contributed by atoms with Gasteiger partial charge in [-0.25, -0.2) is 0 Å². The highest BCUT2D eigenvalue weighted by atomic mass is 16.5. The summed E-state index contributed by atoms with van der Waals surface area (Å²) >= 11 is 0. The molecule has 0 aromatic heterocycles. The number of nitrogens with two attached hydrogens (primary N) is 1. The Hall–Kier alpha value is -1.26. The number of ether oxygens (including phenoxy) is 2. The summed E-state index contributed by atoms with van der Waals surface area (Å²) < 4.78 is 10.9. The minimum atomic E-state index is 0.451. The largest absolute Gasteiger partial charge is 0.493 e. The first-order valence-electron chi connectivity index (χ1n) is 7.44. The summed E-state index contributed by atoms with van der Waals surface area (Å²) in [5.74, 6) is 1.65. The molecule has 2 rings (SSSR count). The maximum atomic E-state index is 5.69. The van der Waals surface area contributed by atoms with E-state index in [1.54, 1.807) is 14.2 Å². The first-order valence-corrected chi connectivity index (χ1v) is 7.44. The van der Waals surface area contributed by atoms with E-state index in [0.29, 0.717) is 6.04 Å². The predicted molar refractivity (Wildman–Crippen MR) is 81.5 cm³/mol. The van der Waals surface area contributed by atoms with Crippen molar-refractivity contribution in [2.45, 2.75) is 32.2 Å². The number of fused-ring (bicyclic) bond motifs is 1. The number of benzene rings is 1. The Bertz CT molecular complexity index is 448. The Balaban J connectivity index is 2.38. The van der Waals surface area contributed by atoms with Gasteiger partial charge in [-0.05, 0) is 55.6 Å². The highest BCUT2D eigenvalue weighted by Gasteiger charge is 2.27. The first kappa shape index (κ1) is 15.1. The van der Waals surface area contributed by atoms with Crippen LogP contribution in [0.1, 0.15) is 36.9 Å². The van der Waals surface area contributed by atoms with Crippen molar-refractivity contribution in [3.8, 4) is 11.5 Å². The summed E-state index contributed by atoms with van der Waals surface area (Å²) in [6, 6.07) is 4.74. The van der Waals surface area contributed by atoms with Crippen LogP contribution in [0.2, 0.25) is 0 Å². The molecule has 1 aliphatic heterocycles. The van der Waals surface area contributed by atoms with Gasteiger partial charge in [-0.15, -0.1) is 0 Å². The third kappa shape index (κ3) is 2.91. The Kier molecular flexibility index (Phi) is 5.26. The third-order valence-corrected chi connectivity index (χ3v) is 4.20. The molecule has 1 aliphatic rings. The summed E-state index contributed by atoms with van der Waals surface area (Å²) in [4.78, 5) is 2.53. The van der Waals surface area contributed by atoms with Crippen molar-refractivity contribution in [3.05, 3.63) is 23.3 Å². The van der Waals surface area contributed by atoms with Crippen molar-refractivity contribution in [3.63, 3.8) is 0 Å². The minimum absolute atomic E-state index is 0.451. The number of hydrogen-bond acceptors (Lipinski definition) is 4. The fraction of sp³-hybridized carbons (Fsp3) is 0.625. The zero-order chi connectivity index (χ0) is 14.5. The van der Waals surface area contributed by atoms with Crippen LogP contribution in [0.25, 0.3) is 0 Å². The Morgan fingerprint density at radius 2 is 1.95 bits per heavy atom. The highest BCUT2D eigenvalue weighted by molar-refractivity contribution is 5.49. The van der Waals surface area contributed by atoms with Crippen LogP contribution in [0.5, 0.6) is 11.5 Å². The third-order valence-electron chi connectivity index (χ3n) is 4.20. The smallest absolute Gasteiger partial charge is 0.161 e. The Labute approximate surface area is 121 Å². The van der Waals surface area contributed by atoms with Gasteiger partial charge in [-0.3, -0.25) is 4.90 Å². The molecule has 1 atom stereocenters. The van der Waals surface area contributed by atoms with Crippen molar-refractivity contribution < 1.29 is 9.47 Å². The molecule has 20 heavy (non-hydrogen) atoms. The molecule has 0 bridgehead atoms. The molecule has 0 saturated carbocycles. The maximum Gasteiger partial charge on any atom is 0.161 e. The molecule has 1 unspecified atom stereocenters. The molecular weight excluding hydrogens is 252 g/mol. The van der Waals surface area contributed by atoms with E-state index in [0.717, 1.165) is 50.4 Å². The van der Waals surface area contributed by atoms with Crippen molar-refractivity contribution in [2.24, 2.45) is 5.73 Å². The average Bonchev–Trinajstić information content (AvgIpc) is 2.50. The van der Waals surface area contributed by atoms with Crippen molar-refractivity contribution in [2.75, 3.05) is 33.9 Å². The maximum absolute atomic E-state index is 5.69. The van der Waals surface area contributed by atoms with Gasteiger partial charge in [-0.1, -0.05) is 6.92 Å².